The molecule has 2 rings (SSSR count). The molecule has 0 saturated heterocycles. The number of ether oxygens (including phenoxy) is 1. The Morgan fingerprint density at radius 1 is 1.42 bits per heavy atom. The highest BCUT2D eigenvalue weighted by Crippen LogP contribution is 2.28. The molecule has 0 unspecified atom stereocenters. The minimum atomic E-state index is -0.478. The van der Waals surface area contributed by atoms with Crippen LogP contribution in [0, 0.1) is 5.82 Å². The van der Waals surface area contributed by atoms with Crippen molar-refractivity contribution >= 4 is 40.7 Å². The summed E-state index contributed by atoms with van der Waals surface area (Å²) in [6.45, 7) is 3.79. The van der Waals surface area contributed by atoms with Crippen LogP contribution in [-0.2, 0) is 20.7 Å². The average Bonchev–Trinajstić information content (AvgIpc) is 2.96. The van der Waals surface area contributed by atoms with Crippen LogP contribution in [0.2, 0.25) is 0 Å². The maximum Gasteiger partial charge on any atom is 0.311 e. The van der Waals surface area contributed by atoms with Gasteiger partial charge in [0.2, 0.25) is 5.91 Å². The van der Waals surface area contributed by atoms with Gasteiger partial charge in [-0.1, -0.05) is 23.9 Å². The Hall–Kier alpha value is -1.93. The monoisotopic (exact) mass is 368 g/mol. The summed E-state index contributed by atoms with van der Waals surface area (Å²) < 4.78 is 19.1. The van der Waals surface area contributed by atoms with E-state index < -0.39 is 11.1 Å². The van der Waals surface area contributed by atoms with Crippen molar-refractivity contribution in [3.8, 4) is 0 Å². The van der Waals surface area contributed by atoms with Crippen LogP contribution in [0.15, 0.2) is 34.0 Å². The molecule has 1 aromatic heterocycles. The van der Waals surface area contributed by atoms with Crippen LogP contribution < -0.4 is 5.32 Å². The second-order valence-corrected chi connectivity index (χ2v) is 7.26. The Morgan fingerprint density at radius 3 is 2.88 bits per heavy atom. The smallest absolute Gasteiger partial charge is 0.311 e. The van der Waals surface area contributed by atoms with Gasteiger partial charge in [0.1, 0.15) is 5.82 Å². The summed E-state index contributed by atoms with van der Waals surface area (Å²) in [6, 6.07) is 6.00. The van der Waals surface area contributed by atoms with Gasteiger partial charge in [0.15, 0.2) is 4.34 Å². The van der Waals surface area contributed by atoms with Gasteiger partial charge < -0.3 is 10.1 Å². The predicted octanol–water partition coefficient (Wildman–Crippen LogP) is 3.51. The number of hydrogen-bond donors (Lipinski definition) is 1. The number of benzene rings is 1. The predicted molar refractivity (Wildman–Crippen MR) is 92.8 cm³/mol. The molecule has 1 atom stereocenters. The molecule has 128 valence electrons. The summed E-state index contributed by atoms with van der Waals surface area (Å²) in [5.74, 6) is -1.12. The lowest BCUT2D eigenvalue weighted by atomic mass is 10.3. The number of rotatable bonds is 7. The lowest BCUT2D eigenvalue weighted by molar-refractivity contribution is -0.142. The number of esters is 1. The fourth-order valence-electron chi connectivity index (χ4n) is 1.79. The number of carbonyl (C=O) groups is 2. The van der Waals surface area contributed by atoms with Crippen molar-refractivity contribution in [2.45, 2.75) is 29.9 Å². The molecule has 0 aliphatic carbocycles. The summed E-state index contributed by atoms with van der Waals surface area (Å²) in [5.41, 5.74) is 0.764. The van der Waals surface area contributed by atoms with Crippen molar-refractivity contribution in [2.75, 3.05) is 11.9 Å². The fraction of sp³-hybridized carbons (Fsp3) is 0.312. The lowest BCUT2D eigenvalue weighted by Gasteiger charge is -2.10. The van der Waals surface area contributed by atoms with E-state index in [-0.39, 0.29) is 24.0 Å². The minimum Gasteiger partial charge on any atom is -0.466 e. The van der Waals surface area contributed by atoms with Gasteiger partial charge in [0.25, 0.3) is 0 Å². The van der Waals surface area contributed by atoms with E-state index in [9.17, 15) is 14.0 Å². The first-order chi connectivity index (χ1) is 11.5. The molecule has 0 spiro atoms. The molecular formula is C16H17FN2O3S2. The summed E-state index contributed by atoms with van der Waals surface area (Å²) in [5, 5.41) is 3.87. The molecule has 0 aliphatic heterocycles. The number of anilines is 1. The lowest BCUT2D eigenvalue weighted by Crippen LogP contribution is -2.22. The van der Waals surface area contributed by atoms with Crippen LogP contribution in [0.5, 0.6) is 0 Å². The van der Waals surface area contributed by atoms with E-state index in [0.29, 0.717) is 16.6 Å². The highest BCUT2D eigenvalue weighted by molar-refractivity contribution is 8.02. The van der Waals surface area contributed by atoms with Gasteiger partial charge in [-0.15, -0.1) is 11.3 Å². The van der Waals surface area contributed by atoms with Gasteiger partial charge in [-0.05, 0) is 26.0 Å². The number of thiazole rings is 1. The molecule has 0 fully saturated rings. The second-order valence-electron chi connectivity index (χ2n) is 4.82. The Labute approximate surface area is 147 Å². The maximum atomic E-state index is 13.6. The number of nitrogens with zero attached hydrogens (tertiary/aromatic N) is 1. The quantitative estimate of drug-likeness (QED) is 0.598. The van der Waals surface area contributed by atoms with Crippen LogP contribution in [0.4, 0.5) is 10.1 Å². The van der Waals surface area contributed by atoms with Crippen molar-refractivity contribution in [3.05, 3.63) is 41.2 Å². The molecule has 1 aromatic carbocycles. The molecule has 1 N–H and O–H groups in total. The summed E-state index contributed by atoms with van der Waals surface area (Å²) in [6.07, 6.45) is 0.112. The van der Waals surface area contributed by atoms with Gasteiger partial charge >= 0.3 is 5.97 Å². The Kier molecular flexibility index (Phi) is 6.74. The zero-order valence-electron chi connectivity index (χ0n) is 13.2. The van der Waals surface area contributed by atoms with Crippen molar-refractivity contribution in [1.29, 1.82) is 0 Å². The summed E-state index contributed by atoms with van der Waals surface area (Å²) in [4.78, 5) is 27.9. The molecule has 5 nitrogen and oxygen atoms in total. The molecule has 0 radical (unpaired) electrons. The molecule has 1 heterocycles. The first kappa shape index (κ1) is 18.4. The topological polar surface area (TPSA) is 68.3 Å². The van der Waals surface area contributed by atoms with Crippen LogP contribution in [0.3, 0.4) is 0 Å². The van der Waals surface area contributed by atoms with Crippen molar-refractivity contribution in [2.24, 2.45) is 0 Å². The van der Waals surface area contributed by atoms with E-state index in [1.165, 1.54) is 35.2 Å². The third-order valence-corrected chi connectivity index (χ3v) is 5.06. The minimum absolute atomic E-state index is 0.112. The van der Waals surface area contributed by atoms with Crippen LogP contribution >= 0.6 is 23.1 Å². The Bertz CT molecular complexity index is 721. The highest BCUT2D eigenvalue weighted by atomic mass is 32.2. The van der Waals surface area contributed by atoms with Crippen molar-refractivity contribution in [1.82, 2.24) is 4.98 Å². The molecular weight excluding hydrogens is 351 g/mol. The van der Waals surface area contributed by atoms with E-state index in [4.69, 9.17) is 4.74 Å². The molecule has 8 heteroatoms. The fourth-order valence-corrected chi connectivity index (χ4v) is 3.77. The zero-order valence-corrected chi connectivity index (χ0v) is 14.9. The Morgan fingerprint density at radius 2 is 2.17 bits per heavy atom. The van der Waals surface area contributed by atoms with E-state index in [1.54, 1.807) is 31.4 Å². The number of amides is 1. The summed E-state index contributed by atoms with van der Waals surface area (Å²) >= 11 is 2.61. The Balaban J connectivity index is 1.91. The van der Waals surface area contributed by atoms with Gasteiger partial charge in [-0.25, -0.2) is 9.37 Å². The summed E-state index contributed by atoms with van der Waals surface area (Å²) in [7, 11) is 0. The number of aromatic nitrogens is 1. The number of hydrogen-bond acceptors (Lipinski definition) is 6. The van der Waals surface area contributed by atoms with Crippen molar-refractivity contribution in [3.63, 3.8) is 0 Å². The van der Waals surface area contributed by atoms with E-state index in [1.807, 2.05) is 0 Å². The molecule has 0 saturated carbocycles. The number of nitrogens with one attached hydrogen (secondary N) is 1. The third kappa shape index (κ3) is 5.31. The van der Waals surface area contributed by atoms with Crippen molar-refractivity contribution < 1.29 is 18.7 Å². The molecule has 0 aliphatic rings. The highest BCUT2D eigenvalue weighted by Gasteiger charge is 2.18. The maximum absolute atomic E-state index is 13.6. The zero-order chi connectivity index (χ0) is 17.5. The van der Waals surface area contributed by atoms with Gasteiger partial charge in [0.05, 0.1) is 29.7 Å². The number of carbonyl (C=O) groups excluding carboxylic acids is 2. The average molecular weight is 368 g/mol. The normalized spacial score (nSPS) is 11.8. The van der Waals surface area contributed by atoms with Gasteiger partial charge in [-0.2, -0.15) is 0 Å². The number of para-hydroxylation sites is 1. The van der Waals surface area contributed by atoms with E-state index >= 15 is 0 Å². The van der Waals surface area contributed by atoms with Crippen LogP contribution in [-0.4, -0.2) is 28.7 Å². The number of thioether (sulfide) groups is 1. The first-order valence-electron chi connectivity index (χ1n) is 7.31. The number of halogens is 1. The first-order valence-corrected chi connectivity index (χ1v) is 9.07. The van der Waals surface area contributed by atoms with Crippen LogP contribution in [0.25, 0.3) is 0 Å². The van der Waals surface area contributed by atoms with E-state index in [2.05, 4.69) is 10.3 Å². The van der Waals surface area contributed by atoms with Gasteiger partial charge in [-0.3, -0.25) is 9.59 Å². The second kappa shape index (κ2) is 8.79. The molecule has 0 bridgehead atoms. The molecule has 1 amide bonds. The van der Waals surface area contributed by atoms with Crippen LogP contribution in [0.1, 0.15) is 19.5 Å². The van der Waals surface area contributed by atoms with Gasteiger partial charge in [0, 0.05) is 5.38 Å². The third-order valence-electron chi connectivity index (χ3n) is 2.94. The molecule has 24 heavy (non-hydrogen) atoms. The largest absolute Gasteiger partial charge is 0.466 e. The SMILES string of the molecule is CCOC(=O)Cc1csc(S[C@@H](C)C(=O)Nc2ccccc2F)n1. The standard InChI is InChI=1S/C16H17FN2O3S2/c1-3-22-14(20)8-11-9-23-16(18-11)24-10(2)15(21)19-13-7-5-4-6-12(13)17/h4-7,9-10H,3,8H2,1-2H3,(H,19,21)/t10-/m0/s1. The van der Waals surface area contributed by atoms with E-state index in [0.717, 1.165) is 0 Å². The molecule has 2 aromatic rings.